The third-order valence-electron chi connectivity index (χ3n) is 5.31. The van der Waals surface area contributed by atoms with Crippen LogP contribution in [0.4, 0.5) is 10.8 Å². The Balaban J connectivity index is 1.68. The molecular weight excluding hydrogens is 532 g/mol. The topological polar surface area (TPSA) is 303 Å². The molecule has 0 spiro atoms. The van der Waals surface area contributed by atoms with Crippen LogP contribution in [-0.2, 0) is 22.8 Å². The first-order chi connectivity index (χ1) is 17.5. The zero-order valence-corrected chi connectivity index (χ0v) is 19.9. The number of hydrogen-bond acceptors (Lipinski definition) is 16. The molecule has 2 aromatic carbocycles. The molecule has 38 heavy (non-hydrogen) atoms. The quantitative estimate of drug-likeness (QED) is 0.0744. The van der Waals surface area contributed by atoms with E-state index in [1.165, 1.54) is 17.5 Å². The number of aromatic nitrogens is 1. The minimum absolute atomic E-state index is 0.00297. The number of rotatable bonds is 9. The summed E-state index contributed by atoms with van der Waals surface area (Å²) in [4.78, 5) is 15.9. The zero-order valence-electron chi connectivity index (χ0n) is 19.1. The number of nitrogens with zero attached hydrogens (tertiary/aromatic N) is 1. The van der Waals surface area contributed by atoms with Crippen molar-refractivity contribution >= 4 is 28.1 Å². The molecule has 0 fully saturated rings. The van der Waals surface area contributed by atoms with Crippen molar-refractivity contribution in [2.45, 2.75) is 23.9 Å². The van der Waals surface area contributed by atoms with Crippen LogP contribution in [0.5, 0.6) is 28.7 Å². The lowest BCUT2D eigenvalue weighted by Gasteiger charge is -2.29. The third kappa shape index (κ3) is 5.79. The number of benzene rings is 2. The first kappa shape index (κ1) is 28.6. The van der Waals surface area contributed by atoms with Crippen LogP contribution in [0.2, 0.25) is 0 Å². The van der Waals surface area contributed by atoms with Crippen LogP contribution in [0.1, 0.15) is 16.8 Å². The van der Waals surface area contributed by atoms with Gasteiger partial charge in [-0.25, -0.2) is 4.98 Å². The zero-order chi connectivity index (χ0) is 28.6. The van der Waals surface area contributed by atoms with Crippen LogP contribution >= 0.6 is 11.3 Å². The fraction of sp³-hybridized carbons (Fsp3) is 0.238. The van der Waals surface area contributed by atoms with E-state index >= 15 is 0 Å². The summed E-state index contributed by atoms with van der Waals surface area (Å²) in [5.41, 5.74) is 4.01. The van der Waals surface area contributed by atoms with E-state index in [1.54, 1.807) is 0 Å². The summed E-state index contributed by atoms with van der Waals surface area (Å²) in [5.74, 6) is -16.2. The van der Waals surface area contributed by atoms with E-state index in [4.69, 9.17) is 5.73 Å². The van der Waals surface area contributed by atoms with Gasteiger partial charge in [-0.1, -0.05) is 12.1 Å². The number of carbonyl (C=O) groups excluding carboxylic acids is 1. The number of phenolic OH excluding ortho intramolecular Hbond substituents is 5. The molecular formula is C21H24N4O12S. The highest BCUT2D eigenvalue weighted by Gasteiger charge is 2.39. The van der Waals surface area contributed by atoms with Gasteiger partial charge in [-0.2, -0.15) is 0 Å². The third-order valence-corrected chi connectivity index (χ3v) is 5.98. The minimum Gasteiger partial charge on any atom is -0.504 e. The van der Waals surface area contributed by atoms with Crippen LogP contribution in [0.25, 0.3) is 0 Å². The Morgan fingerprint density at radius 2 is 1.39 bits per heavy atom. The molecule has 0 aliphatic heterocycles. The number of nitrogen functional groups attached to an aromatic ring is 1. The number of amides is 1. The first-order valence-corrected chi connectivity index (χ1v) is 11.2. The van der Waals surface area contributed by atoms with E-state index in [9.17, 15) is 61.0 Å². The lowest BCUT2D eigenvalue weighted by Crippen LogP contribution is -2.52. The molecule has 0 radical (unpaired) electrons. The van der Waals surface area contributed by atoms with Crippen molar-refractivity contribution in [3.63, 3.8) is 0 Å². The lowest BCUT2D eigenvalue weighted by atomic mass is 10.0. The standard InChI is InChI=1S/C21H24N4O12S/c22-18-25-11(6-38-18)21(36,37)17(31)24-9-3-1-8(2-4-9)19(32,33)7-23-20(34,35)5-10-12(26)14(28)16(30)15(29)13(10)27/h1-4,6,23,26-30,32-37H,5,7H2,(H2,22,25)(H,24,31). The maximum atomic E-state index is 12.3. The molecule has 0 bridgehead atoms. The van der Waals surface area contributed by atoms with Crippen molar-refractivity contribution in [1.29, 1.82) is 0 Å². The second-order valence-electron chi connectivity index (χ2n) is 8.16. The van der Waals surface area contributed by atoms with Gasteiger partial charge in [0, 0.05) is 23.1 Å². The second kappa shape index (κ2) is 10.1. The predicted molar refractivity (Wildman–Crippen MR) is 127 cm³/mol. The Morgan fingerprint density at radius 3 is 1.89 bits per heavy atom. The molecule has 15 N–H and O–H groups in total. The maximum Gasteiger partial charge on any atom is 0.291 e. The maximum absolute atomic E-state index is 12.3. The van der Waals surface area contributed by atoms with E-state index in [0.717, 1.165) is 23.5 Å². The molecule has 3 aromatic rings. The van der Waals surface area contributed by atoms with Crippen LogP contribution in [0, 0.1) is 0 Å². The molecule has 1 heterocycles. The van der Waals surface area contributed by atoms with Gasteiger partial charge in [-0.15, -0.1) is 11.3 Å². The van der Waals surface area contributed by atoms with Crippen LogP contribution in [0.15, 0.2) is 29.6 Å². The number of aliphatic hydroxyl groups is 6. The normalized spacial score (nSPS) is 12.5. The minimum atomic E-state index is -3.06. The van der Waals surface area contributed by atoms with E-state index in [0.29, 0.717) is 0 Å². The van der Waals surface area contributed by atoms with Gasteiger partial charge in [0.1, 0.15) is 5.69 Å². The van der Waals surface area contributed by atoms with E-state index in [1.807, 2.05) is 5.32 Å². The summed E-state index contributed by atoms with van der Waals surface area (Å²) < 4.78 is 0. The summed E-state index contributed by atoms with van der Waals surface area (Å²) in [7, 11) is 0. The van der Waals surface area contributed by atoms with Crippen LogP contribution in [0.3, 0.4) is 0 Å². The molecule has 0 atom stereocenters. The Labute approximate surface area is 216 Å². The highest BCUT2D eigenvalue weighted by Crippen LogP contribution is 2.51. The second-order valence-corrected chi connectivity index (χ2v) is 9.05. The Kier molecular flexibility index (Phi) is 7.59. The number of nitrogens with one attached hydrogen (secondary N) is 2. The number of nitrogens with two attached hydrogens (primary N) is 1. The smallest absolute Gasteiger partial charge is 0.291 e. The van der Waals surface area contributed by atoms with E-state index in [2.05, 4.69) is 10.3 Å². The van der Waals surface area contributed by atoms with Crippen molar-refractivity contribution in [3.8, 4) is 28.7 Å². The molecule has 0 aliphatic rings. The first-order valence-electron chi connectivity index (χ1n) is 10.4. The summed E-state index contributed by atoms with van der Waals surface area (Å²) in [6.45, 7) is -0.967. The molecule has 16 nitrogen and oxygen atoms in total. The Hall–Kier alpha value is -3.94. The summed E-state index contributed by atoms with van der Waals surface area (Å²) in [6, 6.07) is 4.56. The molecule has 0 unspecified atom stereocenters. The van der Waals surface area contributed by atoms with Crippen molar-refractivity contribution < 1.29 is 61.0 Å². The fourth-order valence-corrected chi connectivity index (χ4v) is 3.78. The number of phenols is 5. The molecule has 3 rings (SSSR count). The SMILES string of the molecule is Nc1nc(C(O)(O)C(=O)Nc2ccc(C(O)(O)CNC(O)(O)Cc3c(O)c(O)c(O)c(O)c3O)cc2)cs1. The number of anilines is 2. The molecule has 0 aliphatic carbocycles. The molecule has 206 valence electrons. The van der Waals surface area contributed by atoms with E-state index in [-0.39, 0.29) is 16.4 Å². The largest absolute Gasteiger partial charge is 0.504 e. The fourth-order valence-electron chi connectivity index (χ4n) is 3.18. The van der Waals surface area contributed by atoms with Crippen molar-refractivity contribution in [2.24, 2.45) is 0 Å². The number of carbonyl (C=O) groups is 1. The van der Waals surface area contributed by atoms with Crippen molar-refractivity contribution in [2.75, 3.05) is 17.6 Å². The monoisotopic (exact) mass is 556 g/mol. The number of hydrogen-bond donors (Lipinski definition) is 14. The molecule has 0 saturated carbocycles. The molecule has 1 aromatic heterocycles. The van der Waals surface area contributed by atoms with Gasteiger partial charge in [0.25, 0.3) is 11.7 Å². The predicted octanol–water partition coefficient (Wildman–Crippen LogP) is -2.36. The van der Waals surface area contributed by atoms with Crippen LogP contribution < -0.4 is 16.4 Å². The van der Waals surface area contributed by atoms with Gasteiger partial charge < -0.3 is 67.2 Å². The van der Waals surface area contributed by atoms with Gasteiger partial charge in [0.15, 0.2) is 16.6 Å². The summed E-state index contributed by atoms with van der Waals surface area (Å²) >= 11 is 0.882. The highest BCUT2D eigenvalue weighted by molar-refractivity contribution is 7.13. The number of thiazole rings is 1. The van der Waals surface area contributed by atoms with Gasteiger partial charge in [-0.05, 0) is 12.1 Å². The van der Waals surface area contributed by atoms with Gasteiger partial charge >= 0.3 is 0 Å². The number of aromatic hydroxyl groups is 5. The van der Waals surface area contributed by atoms with Gasteiger partial charge in [0.05, 0.1) is 12.1 Å². The molecule has 0 saturated heterocycles. The Bertz CT molecular complexity index is 1310. The average molecular weight is 557 g/mol. The van der Waals surface area contributed by atoms with E-state index < -0.39 is 76.4 Å². The van der Waals surface area contributed by atoms with Crippen molar-refractivity contribution in [1.82, 2.24) is 10.3 Å². The highest BCUT2D eigenvalue weighted by atomic mass is 32.1. The van der Waals surface area contributed by atoms with Crippen molar-refractivity contribution in [3.05, 3.63) is 46.5 Å². The molecule has 17 heteroatoms. The molecule has 1 amide bonds. The summed E-state index contributed by atoms with van der Waals surface area (Å²) in [5, 5.41) is 115. The summed E-state index contributed by atoms with van der Waals surface area (Å²) in [6.07, 6.45) is -1.11. The van der Waals surface area contributed by atoms with Crippen LogP contribution in [-0.4, -0.2) is 79.5 Å². The average Bonchev–Trinajstić information content (AvgIpc) is 3.30. The lowest BCUT2D eigenvalue weighted by molar-refractivity contribution is -0.221. The van der Waals surface area contributed by atoms with Gasteiger partial charge in [-0.3, -0.25) is 10.1 Å². The van der Waals surface area contributed by atoms with Gasteiger partial charge in [0.2, 0.25) is 28.9 Å². The Morgan fingerprint density at radius 1 is 0.868 bits per heavy atom.